The fraction of sp³-hybridized carbons (Fsp3) is 0.267. The van der Waals surface area contributed by atoms with Crippen molar-refractivity contribution in [2.24, 2.45) is 15.2 Å². The fourth-order valence-electron chi connectivity index (χ4n) is 3.39. The molecular weight excluding hydrogens is 517 g/mol. The molecule has 0 aliphatic rings. The van der Waals surface area contributed by atoms with E-state index in [1.807, 2.05) is 66.7 Å². The number of hydrogen-bond acceptors (Lipinski definition) is 3. The van der Waals surface area contributed by atoms with Crippen LogP contribution in [0.1, 0.15) is 61.0 Å². The Balaban J connectivity index is 2.05. The molecule has 8 heteroatoms. The molecule has 0 heterocycles. The van der Waals surface area contributed by atoms with Crippen molar-refractivity contribution in [2.45, 2.75) is 39.5 Å². The van der Waals surface area contributed by atoms with Gasteiger partial charge in [-0.25, -0.2) is 10.0 Å². The Morgan fingerprint density at radius 2 is 1.16 bits per heavy atom. The molecule has 0 N–H and O–H groups in total. The van der Waals surface area contributed by atoms with Gasteiger partial charge in [0.15, 0.2) is 0 Å². The lowest BCUT2D eigenvalue weighted by atomic mass is 10.2. The van der Waals surface area contributed by atoms with E-state index in [1.54, 1.807) is 34.6 Å². The van der Waals surface area contributed by atoms with E-state index in [9.17, 15) is 4.79 Å². The summed E-state index contributed by atoms with van der Waals surface area (Å²) < 4.78 is 0. The molecule has 3 aromatic rings. The minimum Gasteiger partial charge on any atom is -0.267 e. The highest BCUT2D eigenvalue weighted by Gasteiger charge is 2.20. The van der Waals surface area contributed by atoms with E-state index in [2.05, 4.69) is 18.8 Å². The maximum atomic E-state index is 13.3. The lowest BCUT2D eigenvalue weighted by molar-refractivity contribution is 0.0998. The molecule has 1 amide bonds. The fourth-order valence-corrected chi connectivity index (χ4v) is 3.64. The van der Waals surface area contributed by atoms with Crippen LogP contribution in [-0.2, 0) is 0 Å². The number of rotatable bonds is 11. The van der Waals surface area contributed by atoms with Crippen LogP contribution in [0.15, 0.2) is 94.1 Å². The van der Waals surface area contributed by atoms with Gasteiger partial charge >= 0.3 is 0 Å². The zero-order valence-corrected chi connectivity index (χ0v) is 23.3. The van der Waals surface area contributed by atoms with Crippen molar-refractivity contribution < 1.29 is 4.79 Å². The first-order chi connectivity index (χ1) is 18.5. The van der Waals surface area contributed by atoms with Crippen molar-refractivity contribution in [1.29, 1.82) is 0 Å². The Morgan fingerprint density at radius 3 is 1.58 bits per heavy atom. The van der Waals surface area contributed by atoms with Gasteiger partial charge in [0.1, 0.15) is 0 Å². The number of carbonyl (C=O) groups excluding carboxylic acids is 1. The zero-order chi connectivity index (χ0) is 27.2. The molecule has 198 valence electrons. The molecule has 0 radical (unpaired) electrons. The summed E-state index contributed by atoms with van der Waals surface area (Å²) in [4.78, 5) is 17.8. The smallest absolute Gasteiger partial charge is 0.267 e. The number of hydrogen-bond donors (Lipinski definition) is 0. The summed E-state index contributed by atoms with van der Waals surface area (Å²) >= 11 is 12.1. The van der Waals surface area contributed by atoms with Gasteiger partial charge < -0.3 is 0 Å². The zero-order valence-electron chi connectivity index (χ0n) is 21.8. The predicted octanol–water partition coefficient (Wildman–Crippen LogP) is 7.76. The first-order valence-corrected chi connectivity index (χ1v) is 13.6. The van der Waals surface area contributed by atoms with Crippen molar-refractivity contribution in [2.75, 3.05) is 13.1 Å². The van der Waals surface area contributed by atoms with Gasteiger partial charge in [-0.05, 0) is 60.4 Å². The molecule has 0 spiro atoms. The van der Waals surface area contributed by atoms with Crippen LogP contribution in [0.5, 0.6) is 0 Å². The highest BCUT2D eigenvalue weighted by molar-refractivity contribution is 6.30. The number of carbonyl (C=O) groups is 1. The summed E-state index contributed by atoms with van der Waals surface area (Å²) in [5.74, 6) is 0.0168. The van der Waals surface area contributed by atoms with Crippen LogP contribution in [0.2, 0.25) is 10.0 Å². The van der Waals surface area contributed by atoms with E-state index in [-0.39, 0.29) is 5.91 Å². The third-order valence-corrected chi connectivity index (χ3v) is 6.07. The molecular formula is C30H33Cl2N5O. The van der Waals surface area contributed by atoms with Crippen molar-refractivity contribution in [3.63, 3.8) is 0 Å². The standard InChI is InChI=1S/C30H33Cl2N5O/c1-3-5-20-36(33-22-24-12-16-27(31)17-13-24)30(35-29(38)26-10-8-7-9-11-26)37(21-6-4-2)34-23-25-14-18-28(32)19-15-25/h7-19,22-23H,3-6,20-21H2,1-2H3/b33-22+,34-23+. The number of aliphatic imine (C=N–C) groups is 1. The summed E-state index contributed by atoms with van der Waals surface area (Å²) in [6, 6.07) is 23.9. The monoisotopic (exact) mass is 549 g/mol. The van der Waals surface area contributed by atoms with Gasteiger partial charge in [0.2, 0.25) is 5.96 Å². The lowest BCUT2D eigenvalue weighted by Gasteiger charge is -2.28. The molecule has 0 unspecified atom stereocenters. The predicted molar refractivity (Wildman–Crippen MR) is 160 cm³/mol. The third-order valence-electron chi connectivity index (χ3n) is 5.56. The van der Waals surface area contributed by atoms with Gasteiger partial charge in [-0.15, -0.1) is 0 Å². The van der Waals surface area contributed by atoms with Crippen LogP contribution in [0, 0.1) is 0 Å². The second-order valence-electron chi connectivity index (χ2n) is 8.63. The second-order valence-corrected chi connectivity index (χ2v) is 9.50. The molecule has 0 bridgehead atoms. The molecule has 38 heavy (non-hydrogen) atoms. The molecule has 0 saturated heterocycles. The van der Waals surface area contributed by atoms with Crippen LogP contribution >= 0.6 is 23.2 Å². The lowest BCUT2D eigenvalue weighted by Crippen LogP contribution is -2.41. The quantitative estimate of drug-likeness (QED) is 0.139. The molecule has 6 nitrogen and oxygen atoms in total. The topological polar surface area (TPSA) is 60.6 Å². The van der Waals surface area contributed by atoms with E-state index < -0.39 is 0 Å². The third kappa shape index (κ3) is 9.43. The molecule has 0 saturated carbocycles. The van der Waals surface area contributed by atoms with Crippen LogP contribution in [0.25, 0.3) is 0 Å². The summed E-state index contributed by atoms with van der Waals surface area (Å²) in [6.45, 7) is 5.36. The van der Waals surface area contributed by atoms with E-state index >= 15 is 0 Å². The van der Waals surface area contributed by atoms with Crippen LogP contribution in [0.4, 0.5) is 0 Å². The average molecular weight is 551 g/mol. The maximum Gasteiger partial charge on any atom is 0.280 e. The van der Waals surface area contributed by atoms with Gasteiger partial charge in [0.05, 0.1) is 12.4 Å². The molecule has 3 rings (SSSR count). The van der Waals surface area contributed by atoms with Crippen LogP contribution < -0.4 is 0 Å². The number of halogens is 2. The summed E-state index contributed by atoms with van der Waals surface area (Å²) in [5, 5.41) is 14.3. The van der Waals surface area contributed by atoms with E-state index in [0.29, 0.717) is 34.7 Å². The summed E-state index contributed by atoms with van der Waals surface area (Å²) in [6.07, 6.45) is 7.12. The first-order valence-electron chi connectivity index (χ1n) is 12.8. The molecule has 0 aliphatic heterocycles. The van der Waals surface area contributed by atoms with Crippen molar-refractivity contribution in [1.82, 2.24) is 10.0 Å². The van der Waals surface area contributed by atoms with Crippen LogP contribution in [0.3, 0.4) is 0 Å². The Bertz CT molecular complexity index is 1160. The number of amides is 1. The number of benzene rings is 3. The normalized spacial score (nSPS) is 11.2. The Morgan fingerprint density at radius 1 is 0.711 bits per heavy atom. The first kappa shape index (κ1) is 29.1. The van der Waals surface area contributed by atoms with Crippen LogP contribution in [-0.4, -0.2) is 47.4 Å². The molecule has 3 aromatic carbocycles. The van der Waals surface area contributed by atoms with Gasteiger partial charge in [-0.2, -0.15) is 15.2 Å². The molecule has 0 fully saturated rings. The van der Waals surface area contributed by atoms with E-state index in [0.717, 1.165) is 36.8 Å². The number of guanidine groups is 1. The van der Waals surface area contributed by atoms with Crippen molar-refractivity contribution in [3.8, 4) is 0 Å². The minimum atomic E-state index is -0.355. The molecule has 0 aromatic heterocycles. The van der Waals surface area contributed by atoms with Gasteiger partial charge in [-0.1, -0.05) is 92.4 Å². The average Bonchev–Trinajstić information content (AvgIpc) is 2.94. The number of unbranched alkanes of at least 4 members (excludes halogenated alkanes) is 2. The van der Waals surface area contributed by atoms with Crippen molar-refractivity contribution >= 4 is 47.5 Å². The van der Waals surface area contributed by atoms with Gasteiger partial charge in [0, 0.05) is 28.7 Å². The molecule has 0 aliphatic carbocycles. The minimum absolute atomic E-state index is 0.355. The van der Waals surface area contributed by atoms with Crippen molar-refractivity contribution in [3.05, 3.63) is 106 Å². The second kappa shape index (κ2) is 15.7. The maximum absolute atomic E-state index is 13.3. The Hall–Kier alpha value is -3.48. The summed E-state index contributed by atoms with van der Waals surface area (Å²) in [5.41, 5.74) is 2.27. The van der Waals surface area contributed by atoms with Gasteiger partial charge in [-0.3, -0.25) is 4.79 Å². The van der Waals surface area contributed by atoms with E-state index in [1.165, 1.54) is 0 Å². The molecule has 0 atom stereocenters. The highest BCUT2D eigenvalue weighted by atomic mass is 35.5. The van der Waals surface area contributed by atoms with E-state index in [4.69, 9.17) is 33.4 Å². The SMILES string of the molecule is CCCCN(/N=C/c1ccc(Cl)cc1)C(=NC(=O)c1ccccc1)N(CCCC)/N=C/c1ccc(Cl)cc1. The number of hydrazone groups is 2. The van der Waals surface area contributed by atoms with Gasteiger partial charge in [0.25, 0.3) is 5.91 Å². The Labute approximate surface area is 235 Å². The Kier molecular flexibility index (Phi) is 12.0. The number of nitrogens with zero attached hydrogens (tertiary/aromatic N) is 5. The highest BCUT2D eigenvalue weighted by Crippen LogP contribution is 2.13. The largest absolute Gasteiger partial charge is 0.280 e. The summed E-state index contributed by atoms with van der Waals surface area (Å²) in [7, 11) is 0.